The van der Waals surface area contributed by atoms with Crippen LogP contribution < -0.4 is 10.6 Å². The highest BCUT2D eigenvalue weighted by atomic mass is 32.1. The summed E-state index contributed by atoms with van der Waals surface area (Å²) in [4.78, 5) is 26.1. The van der Waals surface area contributed by atoms with Crippen LogP contribution in [0.5, 0.6) is 0 Å². The van der Waals surface area contributed by atoms with Crippen LogP contribution in [0.25, 0.3) is 0 Å². The lowest BCUT2D eigenvalue weighted by Crippen LogP contribution is -2.43. The molecule has 1 aromatic carbocycles. The van der Waals surface area contributed by atoms with Crippen molar-refractivity contribution >= 4 is 23.3 Å². The zero-order valence-electron chi connectivity index (χ0n) is 12.7. The average molecular weight is 335 g/mol. The summed E-state index contributed by atoms with van der Waals surface area (Å²) in [5.41, 5.74) is 0.505. The summed E-state index contributed by atoms with van der Waals surface area (Å²) in [7, 11) is 1.69. The molecule has 0 aliphatic carbocycles. The van der Waals surface area contributed by atoms with Crippen molar-refractivity contribution in [2.75, 3.05) is 13.6 Å². The molecule has 2 rings (SSSR count). The molecular formula is C16H18FN3O2S. The smallest absolute Gasteiger partial charge is 0.321 e. The number of urea groups is 1. The number of carbonyl (C=O) groups is 2. The van der Waals surface area contributed by atoms with Crippen molar-refractivity contribution in [2.45, 2.75) is 13.1 Å². The van der Waals surface area contributed by atoms with Crippen LogP contribution in [0, 0.1) is 5.82 Å². The van der Waals surface area contributed by atoms with Gasteiger partial charge in [0, 0.05) is 17.0 Å². The largest absolute Gasteiger partial charge is 0.333 e. The first-order valence-electron chi connectivity index (χ1n) is 7.06. The maximum Gasteiger partial charge on any atom is 0.321 e. The van der Waals surface area contributed by atoms with Gasteiger partial charge in [0.2, 0.25) is 5.91 Å². The number of nitrogens with one attached hydrogen (secondary N) is 2. The van der Waals surface area contributed by atoms with Gasteiger partial charge in [-0.2, -0.15) is 0 Å². The summed E-state index contributed by atoms with van der Waals surface area (Å²) >= 11 is 1.53. The summed E-state index contributed by atoms with van der Waals surface area (Å²) in [6.07, 6.45) is 0. The lowest BCUT2D eigenvalue weighted by atomic mass is 10.2. The van der Waals surface area contributed by atoms with E-state index in [2.05, 4.69) is 10.6 Å². The number of hydrogen-bond donors (Lipinski definition) is 2. The SMILES string of the molecule is CN(CC(=O)NC(=O)NCc1cccs1)Cc1ccccc1F. The van der Waals surface area contributed by atoms with Gasteiger partial charge in [-0.15, -0.1) is 11.3 Å². The maximum absolute atomic E-state index is 13.5. The second kappa shape index (κ2) is 8.40. The van der Waals surface area contributed by atoms with Crippen molar-refractivity contribution in [1.29, 1.82) is 0 Å². The Kier molecular flexibility index (Phi) is 6.25. The van der Waals surface area contributed by atoms with E-state index in [1.165, 1.54) is 17.4 Å². The molecule has 0 spiro atoms. The van der Waals surface area contributed by atoms with Gasteiger partial charge in [0.15, 0.2) is 0 Å². The van der Waals surface area contributed by atoms with Gasteiger partial charge in [0.1, 0.15) is 5.82 Å². The topological polar surface area (TPSA) is 61.4 Å². The molecule has 0 bridgehead atoms. The molecule has 2 N–H and O–H groups in total. The van der Waals surface area contributed by atoms with Crippen molar-refractivity contribution in [2.24, 2.45) is 0 Å². The monoisotopic (exact) mass is 335 g/mol. The minimum absolute atomic E-state index is 0.000750. The van der Waals surface area contributed by atoms with E-state index in [1.54, 1.807) is 30.1 Å². The minimum Gasteiger partial charge on any atom is -0.333 e. The van der Waals surface area contributed by atoms with Gasteiger partial charge in [-0.25, -0.2) is 9.18 Å². The van der Waals surface area contributed by atoms with Gasteiger partial charge in [-0.3, -0.25) is 15.0 Å². The molecule has 0 radical (unpaired) electrons. The van der Waals surface area contributed by atoms with Crippen molar-refractivity contribution in [1.82, 2.24) is 15.5 Å². The van der Waals surface area contributed by atoms with E-state index in [-0.39, 0.29) is 18.9 Å². The highest BCUT2D eigenvalue weighted by Gasteiger charge is 2.12. The number of halogens is 1. The van der Waals surface area contributed by atoms with E-state index in [4.69, 9.17) is 0 Å². The lowest BCUT2D eigenvalue weighted by molar-refractivity contribution is -0.121. The third-order valence-corrected chi connectivity index (χ3v) is 3.94. The van der Waals surface area contributed by atoms with Crippen molar-refractivity contribution in [3.05, 3.63) is 58.0 Å². The molecule has 1 heterocycles. The summed E-state index contributed by atoms with van der Waals surface area (Å²) in [5, 5.41) is 6.78. The number of amides is 3. The third kappa shape index (κ3) is 5.80. The molecule has 0 aliphatic rings. The summed E-state index contributed by atoms with van der Waals surface area (Å²) in [5.74, 6) is -0.749. The first kappa shape index (κ1) is 17.1. The second-order valence-corrected chi connectivity index (χ2v) is 6.11. The molecule has 1 aromatic heterocycles. The van der Waals surface area contributed by atoms with Gasteiger partial charge in [-0.1, -0.05) is 24.3 Å². The maximum atomic E-state index is 13.5. The van der Waals surface area contributed by atoms with Crippen LogP contribution in [-0.4, -0.2) is 30.4 Å². The third-order valence-electron chi connectivity index (χ3n) is 3.07. The first-order valence-corrected chi connectivity index (χ1v) is 7.94. The Morgan fingerprint density at radius 2 is 2.00 bits per heavy atom. The molecule has 5 nitrogen and oxygen atoms in total. The molecule has 0 fully saturated rings. The number of benzene rings is 1. The van der Waals surface area contributed by atoms with Crippen LogP contribution in [0.1, 0.15) is 10.4 Å². The van der Waals surface area contributed by atoms with Gasteiger partial charge in [0.05, 0.1) is 13.1 Å². The molecule has 0 atom stereocenters. The second-order valence-electron chi connectivity index (χ2n) is 5.07. The molecule has 2 aromatic rings. The standard InChI is InChI=1S/C16H18FN3O2S/c1-20(10-12-5-2-3-7-14(12)17)11-15(21)19-16(22)18-9-13-6-4-8-23-13/h2-8H,9-11H2,1H3,(H2,18,19,21,22). The quantitative estimate of drug-likeness (QED) is 0.852. The number of likely N-dealkylation sites (N-methyl/N-ethyl adjacent to an activating group) is 1. The van der Waals surface area contributed by atoms with E-state index in [0.717, 1.165) is 4.88 Å². The Hall–Kier alpha value is -2.25. The van der Waals surface area contributed by atoms with Crippen molar-refractivity contribution in [3.63, 3.8) is 0 Å². The molecule has 3 amide bonds. The highest BCUT2D eigenvalue weighted by Crippen LogP contribution is 2.08. The Balaban J connectivity index is 1.73. The lowest BCUT2D eigenvalue weighted by Gasteiger charge is -2.16. The number of imide groups is 1. The Bertz CT molecular complexity index is 661. The van der Waals surface area contributed by atoms with Gasteiger partial charge in [-0.05, 0) is 24.6 Å². The Labute approximate surface area is 138 Å². The first-order chi connectivity index (χ1) is 11.0. The fraction of sp³-hybridized carbons (Fsp3) is 0.250. The van der Waals surface area contributed by atoms with Crippen LogP contribution in [0.2, 0.25) is 0 Å². The summed E-state index contributed by atoms with van der Waals surface area (Å²) < 4.78 is 13.5. The van der Waals surface area contributed by atoms with Crippen LogP contribution in [-0.2, 0) is 17.9 Å². The van der Waals surface area contributed by atoms with Crippen LogP contribution in [0.3, 0.4) is 0 Å². The van der Waals surface area contributed by atoms with Crippen molar-refractivity contribution < 1.29 is 14.0 Å². The molecule has 23 heavy (non-hydrogen) atoms. The van der Waals surface area contributed by atoms with Crippen LogP contribution >= 0.6 is 11.3 Å². The molecule has 0 saturated carbocycles. The number of rotatable bonds is 6. The predicted octanol–water partition coefficient (Wildman–Crippen LogP) is 2.35. The number of thiophene rings is 1. The fourth-order valence-corrected chi connectivity index (χ4v) is 2.65. The molecule has 122 valence electrons. The molecule has 0 aliphatic heterocycles. The van der Waals surface area contributed by atoms with Crippen LogP contribution in [0.15, 0.2) is 41.8 Å². The van der Waals surface area contributed by atoms with Gasteiger partial charge >= 0.3 is 6.03 Å². The van der Waals surface area contributed by atoms with E-state index < -0.39 is 11.9 Å². The van der Waals surface area contributed by atoms with Crippen molar-refractivity contribution in [3.8, 4) is 0 Å². The average Bonchev–Trinajstić information content (AvgIpc) is 3.00. The van der Waals surface area contributed by atoms with E-state index in [0.29, 0.717) is 12.1 Å². The van der Waals surface area contributed by atoms with E-state index >= 15 is 0 Å². The van der Waals surface area contributed by atoms with E-state index in [9.17, 15) is 14.0 Å². The predicted molar refractivity (Wildman–Crippen MR) is 87.4 cm³/mol. The molecule has 0 saturated heterocycles. The Morgan fingerprint density at radius 3 is 2.70 bits per heavy atom. The zero-order chi connectivity index (χ0) is 16.7. The van der Waals surface area contributed by atoms with E-state index in [1.807, 2.05) is 17.5 Å². The van der Waals surface area contributed by atoms with Gasteiger partial charge < -0.3 is 5.32 Å². The Morgan fingerprint density at radius 1 is 1.22 bits per heavy atom. The van der Waals surface area contributed by atoms with Gasteiger partial charge in [0.25, 0.3) is 0 Å². The number of carbonyl (C=O) groups excluding carboxylic acids is 2. The zero-order valence-corrected chi connectivity index (χ0v) is 13.5. The number of hydrogen-bond acceptors (Lipinski definition) is 4. The summed E-state index contributed by atoms with van der Waals surface area (Å²) in [6.45, 7) is 0.666. The molecular weight excluding hydrogens is 317 g/mol. The molecule has 7 heteroatoms. The number of nitrogens with zero attached hydrogens (tertiary/aromatic N) is 1. The normalized spacial score (nSPS) is 10.6. The molecule has 0 unspecified atom stereocenters. The van der Waals surface area contributed by atoms with Crippen LogP contribution in [0.4, 0.5) is 9.18 Å². The highest BCUT2D eigenvalue weighted by molar-refractivity contribution is 7.09. The fourth-order valence-electron chi connectivity index (χ4n) is 2.01. The summed E-state index contributed by atoms with van der Waals surface area (Å²) in [6, 6.07) is 9.65. The minimum atomic E-state index is -0.539.